The molecule has 0 saturated heterocycles. The van der Waals surface area contributed by atoms with E-state index in [-0.39, 0.29) is 5.84 Å². The molecule has 1 aromatic heterocycles. The van der Waals surface area contributed by atoms with E-state index in [4.69, 9.17) is 10.9 Å². The Balaban J connectivity index is 2.27. The van der Waals surface area contributed by atoms with E-state index >= 15 is 0 Å². The van der Waals surface area contributed by atoms with E-state index in [1.807, 2.05) is 35.2 Å². The Morgan fingerprint density at radius 3 is 2.74 bits per heavy atom. The monoisotopic (exact) mass is 261 g/mol. The van der Waals surface area contributed by atoms with Gasteiger partial charge in [0, 0.05) is 25.7 Å². The molecule has 1 aromatic carbocycles. The molecule has 19 heavy (non-hydrogen) atoms. The molecular formula is C11H15N7O. The number of anilines is 2. The molecule has 0 saturated carbocycles. The summed E-state index contributed by atoms with van der Waals surface area (Å²) in [6.07, 6.45) is 0.401. The molecule has 0 aliphatic heterocycles. The summed E-state index contributed by atoms with van der Waals surface area (Å²) in [6, 6.07) is 9.67. The number of nitrogens with zero attached hydrogens (tertiary/aromatic N) is 6. The molecule has 0 amide bonds. The lowest BCUT2D eigenvalue weighted by molar-refractivity contribution is 0.317. The van der Waals surface area contributed by atoms with Gasteiger partial charge in [0.2, 0.25) is 5.95 Å². The first-order valence-electron chi connectivity index (χ1n) is 5.73. The lowest BCUT2D eigenvalue weighted by atomic mass is 10.2. The highest BCUT2D eigenvalue weighted by molar-refractivity contribution is 5.80. The van der Waals surface area contributed by atoms with Crippen LogP contribution in [0.25, 0.3) is 0 Å². The minimum Gasteiger partial charge on any atom is -0.409 e. The second kappa shape index (κ2) is 5.80. The Morgan fingerprint density at radius 2 is 2.16 bits per heavy atom. The second-order valence-corrected chi connectivity index (χ2v) is 3.93. The molecule has 0 bridgehead atoms. The van der Waals surface area contributed by atoms with Crippen LogP contribution in [0.1, 0.15) is 6.42 Å². The Morgan fingerprint density at radius 1 is 1.42 bits per heavy atom. The predicted octanol–water partition coefficient (Wildman–Crippen LogP) is 0.485. The van der Waals surface area contributed by atoms with Gasteiger partial charge in [0.15, 0.2) is 0 Å². The average Bonchev–Trinajstić information content (AvgIpc) is 2.86. The summed E-state index contributed by atoms with van der Waals surface area (Å²) < 4.78 is 1.57. The number of tetrazole rings is 1. The quantitative estimate of drug-likeness (QED) is 0.351. The summed E-state index contributed by atoms with van der Waals surface area (Å²) in [7, 11) is 1.76. The van der Waals surface area contributed by atoms with E-state index in [1.54, 1.807) is 11.7 Å². The Kier molecular flexibility index (Phi) is 3.91. The van der Waals surface area contributed by atoms with Gasteiger partial charge in [0.05, 0.1) is 0 Å². The number of hydrogen-bond donors (Lipinski definition) is 2. The molecule has 0 aliphatic carbocycles. The van der Waals surface area contributed by atoms with Crippen LogP contribution in [-0.4, -0.2) is 37.8 Å². The van der Waals surface area contributed by atoms with Crippen molar-refractivity contribution in [2.75, 3.05) is 11.4 Å². The van der Waals surface area contributed by atoms with Crippen LogP contribution in [0.4, 0.5) is 11.6 Å². The number of nitrogens with two attached hydrogens (primary N) is 1. The highest BCUT2D eigenvalue weighted by atomic mass is 16.4. The summed E-state index contributed by atoms with van der Waals surface area (Å²) in [5.41, 5.74) is 6.44. The number of rotatable bonds is 5. The molecule has 2 rings (SSSR count). The van der Waals surface area contributed by atoms with E-state index in [1.165, 1.54) is 0 Å². The predicted molar refractivity (Wildman–Crippen MR) is 70.3 cm³/mol. The van der Waals surface area contributed by atoms with Crippen molar-refractivity contribution in [3.63, 3.8) is 0 Å². The molecule has 3 N–H and O–H groups in total. The highest BCUT2D eigenvalue weighted by Gasteiger charge is 2.15. The SMILES string of the molecule is Cn1nnnc1N(CC/C(N)=N/O)c1ccccc1. The standard InChI is InChI=1S/C11H15N7O/c1-17-11(13-15-16-17)18(8-7-10(12)14-19)9-5-3-2-4-6-9/h2-6,19H,7-8H2,1H3,(H2,12,14). The van der Waals surface area contributed by atoms with Gasteiger partial charge in [-0.1, -0.05) is 28.5 Å². The van der Waals surface area contributed by atoms with Crippen LogP contribution in [-0.2, 0) is 7.05 Å². The molecule has 0 atom stereocenters. The zero-order valence-corrected chi connectivity index (χ0v) is 10.5. The molecule has 0 fully saturated rings. The number of aromatic nitrogens is 4. The van der Waals surface area contributed by atoms with Gasteiger partial charge in [-0.3, -0.25) is 0 Å². The molecule has 2 aromatic rings. The van der Waals surface area contributed by atoms with E-state index in [9.17, 15) is 0 Å². The van der Waals surface area contributed by atoms with Crippen LogP contribution in [0.15, 0.2) is 35.5 Å². The fraction of sp³-hybridized carbons (Fsp3) is 0.273. The molecule has 0 spiro atoms. The maximum atomic E-state index is 8.60. The average molecular weight is 261 g/mol. The Bertz CT molecular complexity index is 551. The topological polar surface area (TPSA) is 105 Å². The van der Waals surface area contributed by atoms with Crippen molar-refractivity contribution in [3.05, 3.63) is 30.3 Å². The third-order valence-electron chi connectivity index (χ3n) is 2.63. The minimum atomic E-state index is 0.163. The lowest BCUT2D eigenvalue weighted by Crippen LogP contribution is -2.26. The normalized spacial score (nSPS) is 11.5. The summed E-state index contributed by atoms with van der Waals surface area (Å²) in [6.45, 7) is 0.508. The summed E-state index contributed by atoms with van der Waals surface area (Å²) in [5, 5.41) is 23.0. The van der Waals surface area contributed by atoms with Crippen LogP contribution < -0.4 is 10.6 Å². The summed E-state index contributed by atoms with van der Waals surface area (Å²) in [4.78, 5) is 1.90. The highest BCUT2D eigenvalue weighted by Crippen LogP contribution is 2.21. The van der Waals surface area contributed by atoms with Gasteiger partial charge in [-0.05, 0) is 22.6 Å². The van der Waals surface area contributed by atoms with Crippen LogP contribution in [0.2, 0.25) is 0 Å². The largest absolute Gasteiger partial charge is 0.409 e. The molecule has 8 heteroatoms. The fourth-order valence-electron chi connectivity index (χ4n) is 1.68. The summed E-state index contributed by atoms with van der Waals surface area (Å²) >= 11 is 0. The van der Waals surface area contributed by atoms with Crippen LogP contribution >= 0.6 is 0 Å². The maximum absolute atomic E-state index is 8.60. The van der Waals surface area contributed by atoms with Gasteiger partial charge in [-0.15, -0.1) is 0 Å². The maximum Gasteiger partial charge on any atom is 0.249 e. The van der Waals surface area contributed by atoms with Crippen molar-refractivity contribution >= 4 is 17.5 Å². The second-order valence-electron chi connectivity index (χ2n) is 3.93. The fourth-order valence-corrected chi connectivity index (χ4v) is 1.68. The number of hydrogen-bond acceptors (Lipinski definition) is 6. The summed E-state index contributed by atoms with van der Waals surface area (Å²) in [5.74, 6) is 0.757. The third kappa shape index (κ3) is 2.97. The molecule has 8 nitrogen and oxygen atoms in total. The van der Waals surface area contributed by atoms with Crippen LogP contribution in [0.3, 0.4) is 0 Å². The molecule has 0 radical (unpaired) electrons. The Hall–Kier alpha value is -2.64. The smallest absolute Gasteiger partial charge is 0.249 e. The van der Waals surface area contributed by atoms with E-state index in [0.29, 0.717) is 18.9 Å². The van der Waals surface area contributed by atoms with Crippen molar-refractivity contribution < 1.29 is 5.21 Å². The first-order valence-corrected chi connectivity index (χ1v) is 5.73. The van der Waals surface area contributed by atoms with Gasteiger partial charge in [-0.2, -0.15) is 0 Å². The van der Waals surface area contributed by atoms with Gasteiger partial charge >= 0.3 is 0 Å². The first-order chi connectivity index (χ1) is 9.22. The van der Waals surface area contributed by atoms with Crippen molar-refractivity contribution in [3.8, 4) is 0 Å². The zero-order valence-electron chi connectivity index (χ0n) is 10.5. The van der Waals surface area contributed by atoms with Crippen molar-refractivity contribution in [1.29, 1.82) is 0 Å². The van der Waals surface area contributed by atoms with Gasteiger partial charge in [0.25, 0.3) is 0 Å². The molecular weight excluding hydrogens is 246 g/mol. The van der Waals surface area contributed by atoms with E-state index in [0.717, 1.165) is 5.69 Å². The van der Waals surface area contributed by atoms with Crippen LogP contribution in [0.5, 0.6) is 0 Å². The van der Waals surface area contributed by atoms with Gasteiger partial charge in [0.1, 0.15) is 5.84 Å². The first kappa shape index (κ1) is 12.8. The minimum absolute atomic E-state index is 0.163. The van der Waals surface area contributed by atoms with Crippen molar-refractivity contribution in [2.24, 2.45) is 17.9 Å². The Labute approximate surface area is 110 Å². The number of benzene rings is 1. The number of amidine groups is 1. The van der Waals surface area contributed by atoms with Crippen LogP contribution in [0, 0.1) is 0 Å². The van der Waals surface area contributed by atoms with E-state index in [2.05, 4.69) is 20.7 Å². The number of para-hydroxylation sites is 1. The van der Waals surface area contributed by atoms with Crippen molar-refractivity contribution in [2.45, 2.75) is 6.42 Å². The van der Waals surface area contributed by atoms with Gasteiger partial charge in [-0.25, -0.2) is 4.68 Å². The van der Waals surface area contributed by atoms with Crippen molar-refractivity contribution in [1.82, 2.24) is 20.2 Å². The zero-order chi connectivity index (χ0) is 13.7. The molecule has 100 valence electrons. The lowest BCUT2D eigenvalue weighted by Gasteiger charge is -2.22. The molecule has 0 unspecified atom stereocenters. The number of aryl methyl sites for hydroxylation is 1. The molecule has 1 heterocycles. The molecule has 0 aliphatic rings. The number of oxime groups is 1. The van der Waals surface area contributed by atoms with Gasteiger partial charge < -0.3 is 15.8 Å². The van der Waals surface area contributed by atoms with E-state index < -0.39 is 0 Å². The third-order valence-corrected chi connectivity index (χ3v) is 2.63.